The van der Waals surface area contributed by atoms with Crippen molar-refractivity contribution < 1.29 is 28.6 Å². The Morgan fingerprint density at radius 2 is 0.576 bits per heavy atom. The lowest BCUT2D eigenvalue weighted by Crippen LogP contribution is -2.30. The van der Waals surface area contributed by atoms with Crippen LogP contribution < -0.4 is 0 Å². The summed E-state index contributed by atoms with van der Waals surface area (Å²) in [6, 6.07) is 0. The van der Waals surface area contributed by atoms with Gasteiger partial charge in [0.05, 0.1) is 0 Å². The van der Waals surface area contributed by atoms with Crippen LogP contribution in [0.25, 0.3) is 0 Å². The fourth-order valence-corrected chi connectivity index (χ4v) is 9.20. The maximum atomic E-state index is 12.9. The van der Waals surface area contributed by atoms with Gasteiger partial charge in [-0.3, -0.25) is 14.4 Å². The summed E-state index contributed by atoms with van der Waals surface area (Å²) in [5.74, 6) is 0.883. The number of carbonyl (C=O) groups excluding carboxylic acids is 3. The van der Waals surface area contributed by atoms with E-state index in [9.17, 15) is 14.4 Å². The van der Waals surface area contributed by atoms with Crippen LogP contribution in [0.2, 0.25) is 0 Å². The van der Waals surface area contributed by atoms with E-state index in [4.69, 9.17) is 14.2 Å². The first-order valence-corrected chi connectivity index (χ1v) is 29.8. The molecule has 0 bridgehead atoms. The average molecular weight is 934 g/mol. The summed E-state index contributed by atoms with van der Waals surface area (Å²) in [5, 5.41) is 0. The highest BCUT2D eigenvalue weighted by Gasteiger charge is 2.19. The Hall–Kier alpha value is -1.59. The van der Waals surface area contributed by atoms with Gasteiger partial charge in [0.1, 0.15) is 13.2 Å². The standard InChI is InChI=1S/C60H116O6/c1-6-8-9-10-11-12-13-14-15-16-20-25-30-35-40-45-50-58(61)64-53-57(66-60(63)52-47-42-37-32-27-22-23-28-33-38-43-48-55(3)4)54-65-59(62)51-46-41-36-31-26-21-18-17-19-24-29-34-39-44-49-56(5)7-2/h55-57H,6-54H2,1-5H3/t56?,57-/m0/s1. The second-order valence-corrected chi connectivity index (χ2v) is 21.4. The lowest BCUT2D eigenvalue weighted by molar-refractivity contribution is -0.167. The molecule has 0 fully saturated rings. The summed E-state index contributed by atoms with van der Waals surface area (Å²) >= 11 is 0. The van der Waals surface area contributed by atoms with Crippen molar-refractivity contribution in [2.75, 3.05) is 13.2 Å². The monoisotopic (exact) mass is 933 g/mol. The number of rotatable bonds is 54. The molecule has 1 unspecified atom stereocenters. The minimum Gasteiger partial charge on any atom is -0.462 e. The van der Waals surface area contributed by atoms with E-state index in [-0.39, 0.29) is 31.1 Å². The quantitative estimate of drug-likeness (QED) is 0.0343. The molecule has 0 aliphatic rings. The van der Waals surface area contributed by atoms with Gasteiger partial charge in [-0.1, -0.05) is 298 Å². The van der Waals surface area contributed by atoms with E-state index < -0.39 is 6.10 Å². The van der Waals surface area contributed by atoms with Crippen LogP contribution in [0, 0.1) is 11.8 Å². The van der Waals surface area contributed by atoms with E-state index in [1.54, 1.807) is 0 Å². The Balaban J connectivity index is 4.29. The van der Waals surface area contributed by atoms with Crippen LogP contribution in [-0.2, 0) is 28.6 Å². The Morgan fingerprint density at radius 3 is 0.864 bits per heavy atom. The van der Waals surface area contributed by atoms with E-state index in [1.165, 1.54) is 225 Å². The van der Waals surface area contributed by atoms with Crippen molar-refractivity contribution >= 4 is 17.9 Å². The lowest BCUT2D eigenvalue weighted by Gasteiger charge is -2.18. The van der Waals surface area contributed by atoms with Crippen molar-refractivity contribution in [1.29, 1.82) is 0 Å². The molecule has 0 N–H and O–H groups in total. The Bertz CT molecular complexity index is 1010. The summed E-state index contributed by atoms with van der Waals surface area (Å²) in [6.45, 7) is 11.5. The molecule has 0 radical (unpaired) electrons. The Labute approximate surface area is 412 Å². The first kappa shape index (κ1) is 64.4. The number of carbonyl (C=O) groups is 3. The number of ether oxygens (including phenoxy) is 3. The lowest BCUT2D eigenvalue weighted by atomic mass is 9.99. The summed E-state index contributed by atoms with van der Waals surface area (Å²) in [6.07, 6.45) is 56.6. The molecule has 0 amide bonds. The highest BCUT2D eigenvalue weighted by Crippen LogP contribution is 2.19. The molecule has 392 valence electrons. The molecule has 0 heterocycles. The smallest absolute Gasteiger partial charge is 0.306 e. The van der Waals surface area contributed by atoms with Crippen LogP contribution in [0.5, 0.6) is 0 Å². The fraction of sp³-hybridized carbons (Fsp3) is 0.950. The maximum Gasteiger partial charge on any atom is 0.306 e. The molecule has 6 nitrogen and oxygen atoms in total. The van der Waals surface area contributed by atoms with E-state index >= 15 is 0 Å². The maximum absolute atomic E-state index is 12.9. The number of unbranched alkanes of at least 4 members (excludes halogenated alkanes) is 38. The normalized spacial score (nSPS) is 12.5. The zero-order valence-electron chi connectivity index (χ0n) is 45.3. The van der Waals surface area contributed by atoms with E-state index in [2.05, 4.69) is 34.6 Å². The van der Waals surface area contributed by atoms with Gasteiger partial charge in [-0.25, -0.2) is 0 Å². The highest BCUT2D eigenvalue weighted by molar-refractivity contribution is 5.71. The van der Waals surface area contributed by atoms with Gasteiger partial charge in [0, 0.05) is 19.3 Å². The van der Waals surface area contributed by atoms with Crippen molar-refractivity contribution in [2.24, 2.45) is 11.8 Å². The molecule has 2 atom stereocenters. The van der Waals surface area contributed by atoms with Gasteiger partial charge < -0.3 is 14.2 Å². The minimum atomic E-state index is -0.763. The van der Waals surface area contributed by atoms with Gasteiger partial charge in [0.25, 0.3) is 0 Å². The minimum absolute atomic E-state index is 0.0625. The number of hydrogen-bond donors (Lipinski definition) is 0. The summed E-state index contributed by atoms with van der Waals surface area (Å²) in [7, 11) is 0. The molecule has 6 heteroatoms. The van der Waals surface area contributed by atoms with Crippen LogP contribution in [0.15, 0.2) is 0 Å². The van der Waals surface area contributed by atoms with Crippen LogP contribution in [0.1, 0.15) is 336 Å². The molecular formula is C60H116O6. The molecule has 0 aromatic rings. The topological polar surface area (TPSA) is 78.9 Å². The van der Waals surface area contributed by atoms with Crippen molar-refractivity contribution in [3.05, 3.63) is 0 Å². The van der Waals surface area contributed by atoms with Gasteiger partial charge in [-0.15, -0.1) is 0 Å². The molecule has 0 rings (SSSR count). The zero-order valence-corrected chi connectivity index (χ0v) is 45.3. The van der Waals surface area contributed by atoms with Crippen LogP contribution in [0.4, 0.5) is 0 Å². The molecular weight excluding hydrogens is 817 g/mol. The van der Waals surface area contributed by atoms with E-state index in [0.29, 0.717) is 19.3 Å². The second kappa shape index (κ2) is 52.8. The largest absolute Gasteiger partial charge is 0.462 e. The molecule has 0 aromatic carbocycles. The predicted molar refractivity (Wildman–Crippen MR) is 284 cm³/mol. The summed E-state index contributed by atoms with van der Waals surface area (Å²) < 4.78 is 16.9. The van der Waals surface area contributed by atoms with Crippen LogP contribution in [0.3, 0.4) is 0 Å². The first-order chi connectivity index (χ1) is 32.3. The van der Waals surface area contributed by atoms with Crippen molar-refractivity contribution in [3.63, 3.8) is 0 Å². The molecule has 66 heavy (non-hydrogen) atoms. The van der Waals surface area contributed by atoms with E-state index in [0.717, 1.165) is 69.6 Å². The highest BCUT2D eigenvalue weighted by atomic mass is 16.6. The molecule has 0 saturated carbocycles. The van der Waals surface area contributed by atoms with Crippen molar-refractivity contribution in [3.8, 4) is 0 Å². The molecule has 0 aromatic heterocycles. The molecule has 0 spiro atoms. The average Bonchev–Trinajstić information content (AvgIpc) is 3.30. The van der Waals surface area contributed by atoms with Crippen molar-refractivity contribution in [2.45, 2.75) is 343 Å². The summed E-state index contributed by atoms with van der Waals surface area (Å²) in [5.41, 5.74) is 0. The molecule has 0 aliphatic carbocycles. The Kier molecular flexibility index (Phi) is 51.5. The zero-order chi connectivity index (χ0) is 48.2. The second-order valence-electron chi connectivity index (χ2n) is 21.4. The van der Waals surface area contributed by atoms with E-state index in [1.807, 2.05) is 0 Å². The van der Waals surface area contributed by atoms with Gasteiger partial charge in [-0.2, -0.15) is 0 Å². The predicted octanol–water partition coefficient (Wildman–Crippen LogP) is 19.7. The third-order valence-corrected chi connectivity index (χ3v) is 14.1. The van der Waals surface area contributed by atoms with Crippen LogP contribution in [-0.4, -0.2) is 37.2 Å². The molecule has 0 saturated heterocycles. The molecule has 0 aliphatic heterocycles. The fourth-order valence-electron chi connectivity index (χ4n) is 9.20. The van der Waals surface area contributed by atoms with Gasteiger partial charge in [0.15, 0.2) is 6.10 Å². The number of hydrogen-bond acceptors (Lipinski definition) is 6. The Morgan fingerprint density at radius 1 is 0.318 bits per heavy atom. The van der Waals surface area contributed by atoms with Gasteiger partial charge in [0.2, 0.25) is 0 Å². The SMILES string of the molecule is CCCCCCCCCCCCCCCCCCC(=O)OC[C@@H](COC(=O)CCCCCCCCCCCCCCCCC(C)CC)OC(=O)CCCCCCCCCCCCCC(C)C. The number of esters is 3. The summed E-state index contributed by atoms with van der Waals surface area (Å²) in [4.78, 5) is 38.2. The van der Waals surface area contributed by atoms with Gasteiger partial charge >= 0.3 is 17.9 Å². The third kappa shape index (κ3) is 51.8. The first-order valence-electron chi connectivity index (χ1n) is 29.8. The van der Waals surface area contributed by atoms with Crippen molar-refractivity contribution in [1.82, 2.24) is 0 Å². The third-order valence-electron chi connectivity index (χ3n) is 14.1. The van der Waals surface area contributed by atoms with Crippen LogP contribution >= 0.6 is 0 Å². The van der Waals surface area contributed by atoms with Gasteiger partial charge in [-0.05, 0) is 31.1 Å².